The highest BCUT2D eigenvalue weighted by atomic mass is 35.5. The molecule has 1 amide bonds. The van der Waals surface area contributed by atoms with Crippen molar-refractivity contribution >= 4 is 35.0 Å². The molecule has 104 valence electrons. The largest absolute Gasteiger partial charge is 0.417 e. The fourth-order valence-electron chi connectivity index (χ4n) is 1.60. The van der Waals surface area contributed by atoms with E-state index in [2.05, 4.69) is 5.32 Å². The summed E-state index contributed by atoms with van der Waals surface area (Å²) in [5.41, 5.74) is 2.72. The van der Waals surface area contributed by atoms with Crippen molar-refractivity contribution in [3.8, 4) is 5.75 Å². The Balaban J connectivity index is 2.04. The fraction of sp³-hybridized carbons (Fsp3) is 0.133. The third-order valence-corrected chi connectivity index (χ3v) is 3.59. The Morgan fingerprint density at radius 2 is 1.75 bits per heavy atom. The number of hydrogen-bond acceptors (Lipinski definition) is 2. The highest BCUT2D eigenvalue weighted by Crippen LogP contribution is 2.25. The fourth-order valence-corrected chi connectivity index (χ4v) is 1.90. The molecule has 0 fully saturated rings. The topological polar surface area (TPSA) is 38.3 Å². The Hall–Kier alpha value is -1.71. The van der Waals surface area contributed by atoms with Gasteiger partial charge in [0, 0.05) is 5.69 Å². The first-order valence-corrected chi connectivity index (χ1v) is 6.72. The molecule has 5 heteroatoms. The summed E-state index contributed by atoms with van der Waals surface area (Å²) < 4.78 is 5.20. The molecule has 2 aromatic carbocycles. The molecular weight excluding hydrogens is 297 g/mol. The number of hydrogen-bond donors (Lipinski definition) is 1. The van der Waals surface area contributed by atoms with Crippen molar-refractivity contribution in [1.82, 2.24) is 0 Å². The van der Waals surface area contributed by atoms with Crippen molar-refractivity contribution < 1.29 is 9.53 Å². The Morgan fingerprint density at radius 3 is 2.40 bits per heavy atom. The van der Waals surface area contributed by atoms with Crippen LogP contribution in [0.2, 0.25) is 10.0 Å². The van der Waals surface area contributed by atoms with Crippen molar-refractivity contribution in [3.63, 3.8) is 0 Å². The molecule has 1 N–H and O–H groups in total. The standard InChI is InChI=1S/C15H13Cl2NO2/c1-9-3-5-12(7-10(9)2)20-15(19)18-11-4-6-13(16)14(17)8-11/h3-8H,1-2H3,(H,18,19). The van der Waals surface area contributed by atoms with Crippen LogP contribution in [0.15, 0.2) is 36.4 Å². The molecule has 20 heavy (non-hydrogen) atoms. The van der Waals surface area contributed by atoms with E-state index in [1.165, 1.54) is 0 Å². The SMILES string of the molecule is Cc1ccc(OC(=O)Nc2ccc(Cl)c(Cl)c2)cc1C. The monoisotopic (exact) mass is 309 g/mol. The van der Waals surface area contributed by atoms with Crippen molar-refractivity contribution in [2.45, 2.75) is 13.8 Å². The second-order valence-electron chi connectivity index (χ2n) is 4.39. The van der Waals surface area contributed by atoms with Crippen LogP contribution in [0.4, 0.5) is 10.5 Å². The quantitative estimate of drug-likeness (QED) is 0.825. The molecule has 2 rings (SSSR count). The van der Waals surface area contributed by atoms with Gasteiger partial charge in [0.05, 0.1) is 10.0 Å². The Morgan fingerprint density at radius 1 is 1.00 bits per heavy atom. The van der Waals surface area contributed by atoms with E-state index in [1.54, 1.807) is 24.3 Å². The van der Waals surface area contributed by atoms with Crippen LogP contribution in [0.1, 0.15) is 11.1 Å². The molecule has 0 unspecified atom stereocenters. The highest BCUT2D eigenvalue weighted by molar-refractivity contribution is 6.42. The summed E-state index contributed by atoms with van der Waals surface area (Å²) in [6, 6.07) is 10.3. The molecule has 0 aliphatic rings. The van der Waals surface area contributed by atoms with Gasteiger partial charge in [0.25, 0.3) is 0 Å². The Labute approximate surface area is 127 Å². The van der Waals surface area contributed by atoms with Crippen LogP contribution in [0.25, 0.3) is 0 Å². The lowest BCUT2D eigenvalue weighted by molar-refractivity contribution is 0.215. The van der Waals surface area contributed by atoms with Crippen LogP contribution in [-0.2, 0) is 0 Å². The number of nitrogens with one attached hydrogen (secondary N) is 1. The molecule has 0 saturated heterocycles. The molecule has 0 atom stereocenters. The summed E-state index contributed by atoms with van der Waals surface area (Å²) in [7, 11) is 0. The predicted octanol–water partition coefficient (Wildman–Crippen LogP) is 5.22. The van der Waals surface area contributed by atoms with E-state index >= 15 is 0 Å². The molecule has 3 nitrogen and oxygen atoms in total. The van der Waals surface area contributed by atoms with Crippen molar-refractivity contribution in [1.29, 1.82) is 0 Å². The van der Waals surface area contributed by atoms with Crippen molar-refractivity contribution in [2.75, 3.05) is 5.32 Å². The van der Waals surface area contributed by atoms with E-state index < -0.39 is 6.09 Å². The van der Waals surface area contributed by atoms with Gasteiger partial charge in [-0.1, -0.05) is 29.3 Å². The summed E-state index contributed by atoms with van der Waals surface area (Å²) >= 11 is 11.7. The molecule has 0 bridgehead atoms. The smallest absolute Gasteiger partial charge is 0.410 e. The first kappa shape index (κ1) is 14.7. The van der Waals surface area contributed by atoms with E-state index in [1.807, 2.05) is 26.0 Å². The van der Waals surface area contributed by atoms with E-state index in [4.69, 9.17) is 27.9 Å². The minimum atomic E-state index is -0.577. The summed E-state index contributed by atoms with van der Waals surface area (Å²) in [6.45, 7) is 3.95. The van der Waals surface area contributed by atoms with Crippen molar-refractivity contribution in [3.05, 3.63) is 57.6 Å². The number of ether oxygens (including phenoxy) is 1. The van der Waals surface area contributed by atoms with Gasteiger partial charge in [-0.05, 0) is 55.3 Å². The molecule has 0 spiro atoms. The van der Waals surface area contributed by atoms with Gasteiger partial charge < -0.3 is 4.74 Å². The van der Waals surface area contributed by atoms with Crippen LogP contribution in [0.5, 0.6) is 5.75 Å². The first-order valence-electron chi connectivity index (χ1n) is 5.97. The lowest BCUT2D eigenvalue weighted by Gasteiger charge is -2.08. The number of anilines is 1. The average Bonchev–Trinajstić information content (AvgIpc) is 2.38. The summed E-state index contributed by atoms with van der Waals surface area (Å²) in [5, 5.41) is 3.39. The van der Waals surface area contributed by atoms with Gasteiger partial charge in [0.2, 0.25) is 0 Å². The normalized spacial score (nSPS) is 10.2. The molecule has 0 saturated carbocycles. The zero-order valence-electron chi connectivity index (χ0n) is 11.0. The number of rotatable bonds is 2. The van der Waals surface area contributed by atoms with Gasteiger partial charge in [0.15, 0.2) is 0 Å². The van der Waals surface area contributed by atoms with Crippen LogP contribution in [-0.4, -0.2) is 6.09 Å². The maximum atomic E-state index is 11.8. The van der Waals surface area contributed by atoms with Crippen LogP contribution < -0.4 is 10.1 Å². The van der Waals surface area contributed by atoms with Crippen molar-refractivity contribution in [2.24, 2.45) is 0 Å². The summed E-state index contributed by atoms with van der Waals surface area (Å²) in [5.74, 6) is 0.491. The van der Waals surface area contributed by atoms with E-state index in [-0.39, 0.29) is 0 Å². The minimum absolute atomic E-state index is 0.371. The number of halogens is 2. The van der Waals surface area contributed by atoms with Crippen LogP contribution in [0.3, 0.4) is 0 Å². The zero-order chi connectivity index (χ0) is 14.7. The maximum absolute atomic E-state index is 11.8. The summed E-state index contributed by atoms with van der Waals surface area (Å²) in [6.07, 6.45) is -0.577. The van der Waals surface area contributed by atoms with E-state index in [0.717, 1.165) is 11.1 Å². The van der Waals surface area contributed by atoms with Gasteiger partial charge in [-0.15, -0.1) is 0 Å². The van der Waals surface area contributed by atoms with Crippen LogP contribution >= 0.6 is 23.2 Å². The third kappa shape index (κ3) is 3.65. The lowest BCUT2D eigenvalue weighted by atomic mass is 10.1. The zero-order valence-corrected chi connectivity index (χ0v) is 12.5. The van der Waals surface area contributed by atoms with E-state index in [9.17, 15) is 4.79 Å². The number of carbonyl (C=O) groups excluding carboxylic acids is 1. The number of benzene rings is 2. The number of aryl methyl sites for hydroxylation is 2. The van der Waals surface area contributed by atoms with Gasteiger partial charge in [0.1, 0.15) is 5.75 Å². The van der Waals surface area contributed by atoms with Gasteiger partial charge in [-0.25, -0.2) is 4.79 Å². The molecule has 0 heterocycles. The Kier molecular flexibility index (Phi) is 4.53. The second kappa shape index (κ2) is 6.16. The van der Waals surface area contributed by atoms with Gasteiger partial charge in [-0.2, -0.15) is 0 Å². The first-order chi connectivity index (χ1) is 9.45. The Bertz CT molecular complexity index is 601. The number of carbonyl (C=O) groups is 1. The molecule has 0 aliphatic heterocycles. The second-order valence-corrected chi connectivity index (χ2v) is 5.20. The molecule has 0 radical (unpaired) electrons. The highest BCUT2D eigenvalue weighted by Gasteiger charge is 2.07. The third-order valence-electron chi connectivity index (χ3n) is 2.85. The molecule has 0 aromatic heterocycles. The maximum Gasteiger partial charge on any atom is 0.417 e. The number of amides is 1. The van der Waals surface area contributed by atoms with Gasteiger partial charge in [-0.3, -0.25) is 5.32 Å². The van der Waals surface area contributed by atoms with Crippen LogP contribution in [0, 0.1) is 13.8 Å². The minimum Gasteiger partial charge on any atom is -0.410 e. The average molecular weight is 310 g/mol. The van der Waals surface area contributed by atoms with E-state index in [0.29, 0.717) is 21.5 Å². The predicted molar refractivity (Wildman–Crippen MR) is 82.0 cm³/mol. The molecule has 2 aromatic rings. The van der Waals surface area contributed by atoms with Gasteiger partial charge >= 0.3 is 6.09 Å². The molecule has 0 aliphatic carbocycles. The summed E-state index contributed by atoms with van der Waals surface area (Å²) in [4.78, 5) is 11.8. The lowest BCUT2D eigenvalue weighted by Crippen LogP contribution is -2.16. The molecular formula is C15H13Cl2NO2.